The summed E-state index contributed by atoms with van der Waals surface area (Å²) in [7, 11) is 4.85. The number of aromatic nitrogens is 1. The average Bonchev–Trinajstić information content (AvgIpc) is 3.21. The van der Waals surface area contributed by atoms with Crippen molar-refractivity contribution in [1.82, 2.24) is 10.1 Å². The Morgan fingerprint density at radius 2 is 1.89 bits per heavy atom. The molecule has 0 saturated heterocycles. The van der Waals surface area contributed by atoms with E-state index in [0.29, 0.717) is 35.7 Å². The molecule has 0 radical (unpaired) electrons. The number of methoxy groups -OCH3 is 2. The lowest BCUT2D eigenvalue weighted by atomic mass is 10.1. The molecule has 1 amide bonds. The molecule has 0 aliphatic heterocycles. The number of rotatable bonds is 7. The van der Waals surface area contributed by atoms with Gasteiger partial charge in [0.2, 0.25) is 5.76 Å². The highest BCUT2D eigenvalue weighted by molar-refractivity contribution is 5.92. The number of likely N-dealkylation sites (N-methyl/N-ethyl adjacent to an activating group) is 1. The molecular weight excluding hydrogens is 363 g/mol. The summed E-state index contributed by atoms with van der Waals surface area (Å²) in [5, 5.41) is 3.87. The van der Waals surface area contributed by atoms with Crippen LogP contribution in [0.3, 0.4) is 0 Å². The Balaban J connectivity index is 1.65. The van der Waals surface area contributed by atoms with Gasteiger partial charge in [0.1, 0.15) is 11.5 Å². The minimum atomic E-state index is -0.375. The molecule has 3 aromatic rings. The highest BCUT2D eigenvalue weighted by atomic mass is 19.1. The minimum absolute atomic E-state index is 0.106. The van der Waals surface area contributed by atoms with Gasteiger partial charge >= 0.3 is 0 Å². The molecule has 0 atom stereocenters. The Kier molecular flexibility index (Phi) is 5.93. The molecule has 3 rings (SSSR count). The van der Waals surface area contributed by atoms with E-state index in [2.05, 4.69) is 5.16 Å². The van der Waals surface area contributed by atoms with Crippen molar-refractivity contribution < 1.29 is 23.2 Å². The number of carbonyl (C=O) groups excluding carboxylic acids is 1. The zero-order chi connectivity index (χ0) is 20.1. The maximum Gasteiger partial charge on any atom is 0.292 e. The maximum absolute atomic E-state index is 13.4. The zero-order valence-corrected chi connectivity index (χ0v) is 15.9. The molecular formula is C21H21FN2O4. The van der Waals surface area contributed by atoms with E-state index in [4.69, 9.17) is 14.0 Å². The lowest BCUT2D eigenvalue weighted by Gasteiger charge is -2.16. The Morgan fingerprint density at radius 3 is 2.61 bits per heavy atom. The van der Waals surface area contributed by atoms with Gasteiger partial charge in [-0.15, -0.1) is 0 Å². The second-order valence-electron chi connectivity index (χ2n) is 6.25. The van der Waals surface area contributed by atoms with Crippen LogP contribution in [0.5, 0.6) is 11.5 Å². The van der Waals surface area contributed by atoms with Crippen molar-refractivity contribution in [2.24, 2.45) is 0 Å². The fraction of sp³-hybridized carbons (Fsp3) is 0.238. The van der Waals surface area contributed by atoms with Crippen LogP contribution >= 0.6 is 0 Å². The summed E-state index contributed by atoms with van der Waals surface area (Å²) in [4.78, 5) is 14.1. The van der Waals surface area contributed by atoms with Crippen molar-refractivity contribution in [1.29, 1.82) is 0 Å². The van der Waals surface area contributed by atoms with Crippen LogP contribution in [0.25, 0.3) is 11.3 Å². The Hall–Kier alpha value is -3.35. The first-order valence-corrected chi connectivity index (χ1v) is 8.71. The van der Waals surface area contributed by atoms with Crippen molar-refractivity contribution in [3.05, 3.63) is 65.7 Å². The topological polar surface area (TPSA) is 64.8 Å². The molecule has 0 fully saturated rings. The number of nitrogens with zero attached hydrogens (tertiary/aromatic N) is 2. The predicted molar refractivity (Wildman–Crippen MR) is 102 cm³/mol. The largest absolute Gasteiger partial charge is 0.493 e. The van der Waals surface area contributed by atoms with E-state index in [1.165, 1.54) is 18.2 Å². The fourth-order valence-electron chi connectivity index (χ4n) is 2.78. The van der Waals surface area contributed by atoms with Crippen molar-refractivity contribution >= 4 is 5.91 Å². The first kappa shape index (κ1) is 19.4. The number of amides is 1. The van der Waals surface area contributed by atoms with Gasteiger partial charge in [0.25, 0.3) is 5.91 Å². The molecule has 0 N–H and O–H groups in total. The molecule has 0 saturated carbocycles. The number of ether oxygens (including phenoxy) is 2. The molecule has 1 heterocycles. The van der Waals surface area contributed by atoms with Crippen molar-refractivity contribution in [2.75, 3.05) is 27.8 Å². The zero-order valence-electron chi connectivity index (χ0n) is 15.9. The van der Waals surface area contributed by atoms with Gasteiger partial charge < -0.3 is 18.9 Å². The van der Waals surface area contributed by atoms with Crippen LogP contribution in [0.15, 0.2) is 53.1 Å². The summed E-state index contributed by atoms with van der Waals surface area (Å²) in [5.74, 6) is 0.733. The molecule has 146 valence electrons. The molecule has 0 bridgehead atoms. The SMILES string of the molecule is COc1ccc(CCN(C)C(=O)c2cc(-c3cccc(F)c3)no2)cc1OC. The molecule has 2 aromatic carbocycles. The van der Waals surface area contributed by atoms with Gasteiger partial charge in [-0.05, 0) is 36.2 Å². The summed E-state index contributed by atoms with van der Waals surface area (Å²) in [6.07, 6.45) is 0.632. The van der Waals surface area contributed by atoms with Crippen molar-refractivity contribution in [3.8, 4) is 22.8 Å². The summed E-state index contributed by atoms with van der Waals surface area (Å²) >= 11 is 0. The quantitative estimate of drug-likeness (QED) is 0.620. The van der Waals surface area contributed by atoms with Crippen molar-refractivity contribution in [3.63, 3.8) is 0 Å². The first-order chi connectivity index (χ1) is 13.5. The van der Waals surface area contributed by atoms with Crippen LogP contribution in [-0.4, -0.2) is 43.8 Å². The smallest absolute Gasteiger partial charge is 0.292 e. The van der Waals surface area contributed by atoms with Crippen LogP contribution in [0.4, 0.5) is 4.39 Å². The van der Waals surface area contributed by atoms with Crippen LogP contribution in [-0.2, 0) is 6.42 Å². The summed E-state index contributed by atoms with van der Waals surface area (Å²) in [6.45, 7) is 0.477. The molecule has 28 heavy (non-hydrogen) atoms. The van der Waals surface area contributed by atoms with Crippen LogP contribution in [0.1, 0.15) is 16.1 Å². The second-order valence-corrected chi connectivity index (χ2v) is 6.25. The number of halogens is 1. The Morgan fingerprint density at radius 1 is 1.11 bits per heavy atom. The van der Waals surface area contributed by atoms with Gasteiger partial charge in [0.05, 0.1) is 14.2 Å². The highest BCUT2D eigenvalue weighted by Crippen LogP contribution is 2.27. The number of hydrogen-bond acceptors (Lipinski definition) is 5. The lowest BCUT2D eigenvalue weighted by molar-refractivity contribution is 0.0755. The van der Waals surface area contributed by atoms with Gasteiger partial charge in [-0.25, -0.2) is 4.39 Å². The fourth-order valence-corrected chi connectivity index (χ4v) is 2.78. The monoisotopic (exact) mass is 384 g/mol. The Bertz CT molecular complexity index is 971. The molecule has 0 spiro atoms. The molecule has 6 nitrogen and oxygen atoms in total. The number of benzene rings is 2. The molecule has 0 aliphatic carbocycles. The van der Waals surface area contributed by atoms with E-state index < -0.39 is 0 Å². The normalized spacial score (nSPS) is 10.6. The van der Waals surface area contributed by atoms with Gasteiger partial charge in [0.15, 0.2) is 11.5 Å². The van der Waals surface area contributed by atoms with Crippen LogP contribution in [0.2, 0.25) is 0 Å². The molecule has 0 aliphatic rings. The molecule has 1 aromatic heterocycles. The van der Waals surface area contributed by atoms with E-state index in [1.54, 1.807) is 38.3 Å². The van der Waals surface area contributed by atoms with E-state index in [-0.39, 0.29) is 17.5 Å². The number of carbonyl (C=O) groups is 1. The predicted octanol–water partition coefficient (Wildman–Crippen LogP) is 3.81. The summed E-state index contributed by atoms with van der Waals surface area (Å²) in [5.41, 5.74) is 1.97. The molecule has 0 unspecified atom stereocenters. The second kappa shape index (κ2) is 8.56. The van der Waals surface area contributed by atoms with E-state index in [1.807, 2.05) is 18.2 Å². The van der Waals surface area contributed by atoms with Gasteiger partial charge in [-0.2, -0.15) is 0 Å². The van der Waals surface area contributed by atoms with Gasteiger partial charge in [-0.3, -0.25) is 4.79 Å². The van der Waals surface area contributed by atoms with Crippen LogP contribution in [0, 0.1) is 5.82 Å². The standard InChI is InChI=1S/C21H21FN2O4/c1-24(10-9-14-7-8-18(26-2)19(11-14)27-3)21(25)20-13-17(23-28-20)15-5-4-6-16(22)12-15/h4-8,11-13H,9-10H2,1-3H3. The van der Waals surface area contributed by atoms with Gasteiger partial charge in [0, 0.05) is 25.2 Å². The number of hydrogen-bond donors (Lipinski definition) is 0. The third-order valence-corrected chi connectivity index (χ3v) is 4.37. The van der Waals surface area contributed by atoms with Crippen molar-refractivity contribution in [2.45, 2.75) is 6.42 Å². The van der Waals surface area contributed by atoms with Crippen LogP contribution < -0.4 is 9.47 Å². The third-order valence-electron chi connectivity index (χ3n) is 4.37. The summed E-state index contributed by atoms with van der Waals surface area (Å²) in [6, 6.07) is 13.1. The van der Waals surface area contributed by atoms with E-state index in [0.717, 1.165) is 5.56 Å². The highest BCUT2D eigenvalue weighted by Gasteiger charge is 2.18. The lowest BCUT2D eigenvalue weighted by Crippen LogP contribution is -2.28. The minimum Gasteiger partial charge on any atom is -0.493 e. The average molecular weight is 384 g/mol. The Labute approximate surface area is 162 Å². The van der Waals surface area contributed by atoms with E-state index >= 15 is 0 Å². The van der Waals surface area contributed by atoms with E-state index in [9.17, 15) is 9.18 Å². The molecule has 7 heteroatoms. The summed E-state index contributed by atoms with van der Waals surface area (Å²) < 4.78 is 29.0. The first-order valence-electron chi connectivity index (χ1n) is 8.71. The third kappa shape index (κ3) is 4.31. The maximum atomic E-state index is 13.4. The van der Waals surface area contributed by atoms with Gasteiger partial charge in [-0.1, -0.05) is 23.4 Å².